The minimum atomic E-state index is -3.84. The number of nitrogens with one attached hydrogen (secondary N) is 1. The van der Waals surface area contributed by atoms with Gasteiger partial charge in [0.2, 0.25) is 11.9 Å². The number of benzene rings is 1. The largest absolute Gasteiger partial charge is 0.302 e. The van der Waals surface area contributed by atoms with Gasteiger partial charge in [-0.3, -0.25) is 4.79 Å². The molecule has 1 aromatic carbocycles. The second-order valence-corrected chi connectivity index (χ2v) is 10.2. The molecule has 11 heteroatoms. The summed E-state index contributed by atoms with van der Waals surface area (Å²) in [5.41, 5.74) is 2.09. The van der Waals surface area contributed by atoms with Gasteiger partial charge in [-0.2, -0.15) is 0 Å². The molecule has 1 N–H and O–H groups in total. The fraction of sp³-hybridized carbons (Fsp3) is 0.150. The Kier molecular flexibility index (Phi) is 5.65. The highest BCUT2D eigenvalue weighted by Crippen LogP contribution is 2.30. The molecule has 1 aliphatic rings. The van der Waals surface area contributed by atoms with Crippen LogP contribution >= 0.6 is 23.6 Å². The first-order valence-corrected chi connectivity index (χ1v) is 11.8. The molecule has 0 atom stereocenters. The summed E-state index contributed by atoms with van der Waals surface area (Å²) in [4.78, 5) is 24.9. The van der Waals surface area contributed by atoms with Crippen LogP contribution in [0.15, 0.2) is 53.6 Å². The monoisotopic (exact) mass is 471 g/mol. The Balaban J connectivity index is 1.67. The molecule has 2 heterocycles. The summed E-state index contributed by atoms with van der Waals surface area (Å²) in [7, 11) is -2.43. The number of carbonyl (C=O) groups is 1. The first-order chi connectivity index (χ1) is 14.7. The number of hydrogen-bond donors (Lipinski definition) is 1. The van der Waals surface area contributed by atoms with Crippen molar-refractivity contribution < 1.29 is 13.2 Å². The topological polar surface area (TPSA) is 105 Å². The number of hydrogen-bond acceptors (Lipinski definition) is 8. The predicted octanol–water partition coefficient (Wildman–Crippen LogP) is 3.69. The van der Waals surface area contributed by atoms with E-state index in [2.05, 4.69) is 20.3 Å². The van der Waals surface area contributed by atoms with Crippen molar-refractivity contribution in [1.29, 1.82) is 0 Å². The maximum absolute atomic E-state index is 13.0. The lowest BCUT2D eigenvalue weighted by Crippen LogP contribution is -2.29. The minimum Gasteiger partial charge on any atom is -0.302 e. The molecule has 0 bridgehead atoms. The van der Waals surface area contributed by atoms with Crippen molar-refractivity contribution in [2.45, 2.75) is 13.3 Å². The third-order valence-electron chi connectivity index (χ3n) is 4.45. The molecule has 31 heavy (non-hydrogen) atoms. The second kappa shape index (κ2) is 8.25. The summed E-state index contributed by atoms with van der Waals surface area (Å²) >= 11 is 6.48. The highest BCUT2D eigenvalue weighted by Gasteiger charge is 2.26. The number of nitrogens with zero attached hydrogens (tertiary/aromatic N) is 4. The maximum atomic E-state index is 13.0. The molecule has 2 aromatic heterocycles. The predicted molar refractivity (Wildman–Crippen MR) is 127 cm³/mol. The molecule has 158 valence electrons. The zero-order valence-corrected chi connectivity index (χ0v) is 19.0. The van der Waals surface area contributed by atoms with Crippen LogP contribution in [0.1, 0.15) is 13.3 Å². The van der Waals surface area contributed by atoms with Crippen LogP contribution in [0.3, 0.4) is 0 Å². The van der Waals surface area contributed by atoms with E-state index >= 15 is 0 Å². The number of anilines is 2. The van der Waals surface area contributed by atoms with E-state index in [-0.39, 0.29) is 16.8 Å². The first kappa shape index (κ1) is 21.2. The van der Waals surface area contributed by atoms with E-state index in [4.69, 9.17) is 12.2 Å². The molecule has 1 aliphatic carbocycles. The first-order valence-electron chi connectivity index (χ1n) is 9.15. The molecule has 0 saturated carbocycles. The molecular formula is C20H17N5O3S3. The van der Waals surface area contributed by atoms with Crippen molar-refractivity contribution in [3.05, 3.63) is 53.6 Å². The fourth-order valence-corrected chi connectivity index (χ4v) is 5.36. The van der Waals surface area contributed by atoms with Crippen LogP contribution in [0.25, 0.3) is 21.5 Å². The number of aromatic nitrogens is 3. The molecular weight excluding hydrogens is 454 g/mol. The number of fused-ring (bicyclic) bond motifs is 1. The molecule has 0 saturated heterocycles. The fourth-order valence-electron chi connectivity index (χ4n) is 2.93. The van der Waals surface area contributed by atoms with Crippen LogP contribution < -0.4 is 9.62 Å². The van der Waals surface area contributed by atoms with Gasteiger partial charge in [0.25, 0.3) is 10.0 Å². The quantitative estimate of drug-likeness (QED) is 0.566. The molecule has 1 amide bonds. The zero-order chi connectivity index (χ0) is 22.2. The molecule has 0 aliphatic heterocycles. The van der Waals surface area contributed by atoms with Gasteiger partial charge in [-0.15, -0.1) is 0 Å². The summed E-state index contributed by atoms with van der Waals surface area (Å²) in [6.45, 7) is 1.43. The maximum Gasteiger partial charge on any atom is 0.266 e. The van der Waals surface area contributed by atoms with Crippen LogP contribution in [-0.2, 0) is 14.8 Å². The molecule has 0 spiro atoms. The average molecular weight is 472 g/mol. The van der Waals surface area contributed by atoms with Crippen molar-refractivity contribution in [1.82, 2.24) is 15.0 Å². The summed E-state index contributed by atoms with van der Waals surface area (Å²) in [5, 5.41) is 3.19. The smallest absolute Gasteiger partial charge is 0.266 e. The van der Waals surface area contributed by atoms with Crippen LogP contribution in [0.2, 0.25) is 0 Å². The van der Waals surface area contributed by atoms with Crippen molar-refractivity contribution in [3.8, 4) is 11.3 Å². The van der Waals surface area contributed by atoms with Gasteiger partial charge >= 0.3 is 0 Å². The second-order valence-electron chi connectivity index (χ2n) is 6.72. The highest BCUT2D eigenvalue weighted by molar-refractivity contribution is 7.96. The Labute approximate surface area is 188 Å². The number of carbonyl (C=O) groups excluding carboxylic acids is 1. The number of thiocarbonyl (C=S) groups is 1. The van der Waals surface area contributed by atoms with Crippen LogP contribution in [-0.4, -0.2) is 41.2 Å². The van der Waals surface area contributed by atoms with E-state index in [1.807, 2.05) is 18.2 Å². The van der Waals surface area contributed by atoms with Crippen LogP contribution in [0.4, 0.5) is 11.1 Å². The SMILES string of the molecule is CC(=O)Nc1nc2ccc(-c3ccnc(N(C)S(=O)(=O)C4=CC(=S)CC=C4)n3)cc2s1. The highest BCUT2D eigenvalue weighted by atomic mass is 32.2. The Bertz CT molecular complexity index is 1380. The third-order valence-corrected chi connectivity index (χ3v) is 7.41. The van der Waals surface area contributed by atoms with E-state index in [0.29, 0.717) is 22.1 Å². The van der Waals surface area contributed by atoms with Crippen molar-refractivity contribution >= 4 is 65.6 Å². The Morgan fingerprint density at radius 2 is 2.06 bits per heavy atom. The van der Waals surface area contributed by atoms with E-state index < -0.39 is 10.0 Å². The Morgan fingerprint density at radius 3 is 2.81 bits per heavy atom. The van der Waals surface area contributed by atoms with E-state index in [9.17, 15) is 13.2 Å². The molecule has 0 fully saturated rings. The summed E-state index contributed by atoms with van der Waals surface area (Å²) in [6, 6.07) is 7.26. The van der Waals surface area contributed by atoms with Crippen LogP contribution in [0, 0.1) is 0 Å². The summed E-state index contributed by atoms with van der Waals surface area (Å²) in [5.74, 6) is -0.140. The number of thiazole rings is 1. The molecule has 0 unspecified atom stereocenters. The van der Waals surface area contributed by atoms with Gasteiger partial charge in [0.15, 0.2) is 5.13 Å². The summed E-state index contributed by atoms with van der Waals surface area (Å²) in [6.07, 6.45) is 6.80. The van der Waals surface area contributed by atoms with Gasteiger partial charge in [0.1, 0.15) is 0 Å². The van der Waals surface area contributed by atoms with Crippen molar-refractivity contribution in [2.75, 3.05) is 16.7 Å². The van der Waals surface area contributed by atoms with Gasteiger partial charge in [0.05, 0.1) is 20.8 Å². The van der Waals surface area contributed by atoms with Gasteiger partial charge in [-0.05, 0) is 30.4 Å². The Hall–Kier alpha value is -3.02. The van der Waals surface area contributed by atoms with E-state index in [0.717, 1.165) is 20.1 Å². The van der Waals surface area contributed by atoms with E-state index in [1.165, 1.54) is 43.7 Å². The minimum absolute atomic E-state index is 0.0478. The lowest BCUT2D eigenvalue weighted by atomic mass is 10.1. The number of allylic oxidation sites excluding steroid dienone is 3. The number of amides is 1. The van der Waals surface area contributed by atoms with Crippen molar-refractivity contribution in [3.63, 3.8) is 0 Å². The molecule has 4 rings (SSSR count). The lowest BCUT2D eigenvalue weighted by molar-refractivity contribution is -0.114. The third kappa shape index (κ3) is 4.38. The zero-order valence-electron chi connectivity index (χ0n) is 16.6. The van der Waals surface area contributed by atoms with Gasteiger partial charge < -0.3 is 5.32 Å². The van der Waals surface area contributed by atoms with Gasteiger partial charge in [0, 0.05) is 37.0 Å². The average Bonchev–Trinajstić information content (AvgIpc) is 3.14. The number of sulfonamides is 1. The lowest BCUT2D eigenvalue weighted by Gasteiger charge is -2.19. The van der Waals surface area contributed by atoms with Crippen molar-refractivity contribution in [2.24, 2.45) is 0 Å². The van der Waals surface area contributed by atoms with Gasteiger partial charge in [-0.25, -0.2) is 27.7 Å². The standard InChI is InChI=1S/C20H17N5O3S3/c1-12(26)22-20-24-17-7-6-13(10-18(17)30-20)16-8-9-21-19(23-16)25(2)31(27,28)15-5-3-4-14(29)11-15/h3,5-11H,4H2,1-2H3,(H,22,24,26). The summed E-state index contributed by atoms with van der Waals surface area (Å²) < 4.78 is 27.9. The van der Waals surface area contributed by atoms with Crippen LogP contribution in [0.5, 0.6) is 0 Å². The molecule has 8 nitrogen and oxygen atoms in total. The van der Waals surface area contributed by atoms with Gasteiger partial charge in [-0.1, -0.05) is 35.7 Å². The molecule has 0 radical (unpaired) electrons. The normalized spacial score (nSPS) is 13.9. The Morgan fingerprint density at radius 1 is 1.26 bits per heavy atom. The van der Waals surface area contributed by atoms with E-state index in [1.54, 1.807) is 12.1 Å². The number of rotatable bonds is 5. The molecule has 3 aromatic rings.